The molecule has 1 rings (SSSR count). The second kappa shape index (κ2) is 5.10. The van der Waals surface area contributed by atoms with E-state index < -0.39 is 0 Å². The Kier molecular flexibility index (Phi) is 4.52. The highest BCUT2D eigenvalue weighted by Gasteiger charge is 2.46. The van der Waals surface area contributed by atoms with E-state index in [1.807, 2.05) is 0 Å². The molecular weight excluding hydrogens is 222 g/mol. The van der Waals surface area contributed by atoms with Gasteiger partial charge >= 0.3 is 0 Å². The number of hydrogen-bond donors (Lipinski definition) is 0. The van der Waals surface area contributed by atoms with Gasteiger partial charge in [0, 0.05) is 6.54 Å². The lowest BCUT2D eigenvalue weighted by Crippen LogP contribution is -2.70. The van der Waals surface area contributed by atoms with Crippen molar-refractivity contribution in [1.29, 1.82) is 0 Å². The average Bonchev–Trinajstić information content (AvgIpc) is 2.21. The van der Waals surface area contributed by atoms with Crippen LogP contribution in [0, 0.1) is 0 Å². The molecule has 108 valence electrons. The van der Waals surface area contributed by atoms with Crippen LogP contribution in [0.3, 0.4) is 0 Å². The predicted octanol–water partition coefficient (Wildman–Crippen LogP) is 1.64. The minimum absolute atomic E-state index is 0.314. The van der Waals surface area contributed by atoms with Crippen molar-refractivity contribution in [3.8, 4) is 0 Å². The Balaban J connectivity index is 2.85. The molecule has 0 amide bonds. The van der Waals surface area contributed by atoms with Crippen LogP contribution in [-0.2, 0) is 0 Å². The molecule has 0 aromatic rings. The maximum absolute atomic E-state index is 2.58. The van der Waals surface area contributed by atoms with Gasteiger partial charge in [0.25, 0.3) is 0 Å². The van der Waals surface area contributed by atoms with E-state index in [0.717, 1.165) is 15.0 Å². The molecule has 3 heteroatoms. The third kappa shape index (κ3) is 3.46. The lowest BCUT2D eigenvalue weighted by Gasteiger charge is -2.52. The normalized spacial score (nSPS) is 31.3. The maximum Gasteiger partial charge on any atom is 0.117 e. The van der Waals surface area contributed by atoms with Gasteiger partial charge < -0.3 is 8.97 Å². The summed E-state index contributed by atoms with van der Waals surface area (Å²) < 4.78 is 2.28. The number of nitrogens with zero attached hydrogens (tertiary/aromatic N) is 3. The predicted molar refractivity (Wildman–Crippen MR) is 79.6 cm³/mol. The van der Waals surface area contributed by atoms with Crippen LogP contribution in [-0.4, -0.2) is 86.9 Å². The van der Waals surface area contributed by atoms with Gasteiger partial charge in [0.1, 0.15) is 18.6 Å². The summed E-state index contributed by atoms with van der Waals surface area (Å²) in [5, 5.41) is 0. The summed E-state index contributed by atoms with van der Waals surface area (Å²) >= 11 is 0. The van der Waals surface area contributed by atoms with Crippen molar-refractivity contribution in [2.75, 3.05) is 61.4 Å². The fraction of sp³-hybridized carbons (Fsp3) is 1.00. The van der Waals surface area contributed by atoms with Crippen molar-refractivity contribution in [3.05, 3.63) is 0 Å². The van der Waals surface area contributed by atoms with Crippen molar-refractivity contribution in [1.82, 2.24) is 4.90 Å². The average molecular weight is 257 g/mol. The Morgan fingerprint density at radius 2 is 1.89 bits per heavy atom. The summed E-state index contributed by atoms with van der Waals surface area (Å²) in [6.07, 6.45) is 1.26. The fourth-order valence-electron chi connectivity index (χ4n) is 3.51. The largest absolute Gasteiger partial charge is 0.326 e. The first-order valence-electron chi connectivity index (χ1n) is 7.38. The third-order valence-electron chi connectivity index (χ3n) is 5.26. The molecule has 0 saturated carbocycles. The first kappa shape index (κ1) is 15.9. The van der Waals surface area contributed by atoms with Gasteiger partial charge in [0.05, 0.1) is 40.8 Å². The van der Waals surface area contributed by atoms with Gasteiger partial charge in [-0.1, -0.05) is 6.92 Å². The summed E-state index contributed by atoms with van der Waals surface area (Å²) in [5.74, 6) is 0. The molecule has 0 aliphatic carbocycles. The van der Waals surface area contributed by atoms with Crippen molar-refractivity contribution in [3.63, 3.8) is 0 Å². The number of likely N-dealkylation sites (N-methyl/N-ethyl adjacent to an activating group) is 3. The molecule has 0 spiro atoms. The second-order valence-corrected chi connectivity index (χ2v) is 7.93. The Labute approximate surface area is 115 Å². The second-order valence-electron chi connectivity index (χ2n) is 7.93. The zero-order valence-electron chi connectivity index (χ0n) is 14.0. The van der Waals surface area contributed by atoms with E-state index >= 15 is 0 Å². The smallest absolute Gasteiger partial charge is 0.117 e. The van der Waals surface area contributed by atoms with Crippen molar-refractivity contribution < 1.29 is 8.97 Å². The monoisotopic (exact) mass is 257 g/mol. The van der Waals surface area contributed by atoms with Gasteiger partial charge in [-0.25, -0.2) is 0 Å². The van der Waals surface area contributed by atoms with E-state index in [0.29, 0.717) is 5.54 Å². The molecule has 3 nitrogen and oxygen atoms in total. The van der Waals surface area contributed by atoms with E-state index in [-0.39, 0.29) is 0 Å². The minimum atomic E-state index is 0.314. The van der Waals surface area contributed by atoms with Gasteiger partial charge in [-0.15, -0.1) is 0 Å². The molecular formula is C15H35N3+2. The molecule has 0 bridgehead atoms. The summed E-state index contributed by atoms with van der Waals surface area (Å²) in [6.45, 7) is 12.1. The van der Waals surface area contributed by atoms with Gasteiger partial charge in [-0.2, -0.15) is 0 Å². The molecule has 0 radical (unpaired) electrons. The lowest BCUT2D eigenvalue weighted by molar-refractivity contribution is -0.935. The molecule has 1 saturated heterocycles. The third-order valence-corrected chi connectivity index (χ3v) is 5.26. The van der Waals surface area contributed by atoms with Gasteiger partial charge in [-0.05, 0) is 27.3 Å². The van der Waals surface area contributed by atoms with Crippen molar-refractivity contribution in [2.24, 2.45) is 0 Å². The van der Waals surface area contributed by atoms with Gasteiger partial charge in [-0.3, -0.25) is 4.90 Å². The van der Waals surface area contributed by atoms with Crippen LogP contribution in [0.4, 0.5) is 0 Å². The van der Waals surface area contributed by atoms with Crippen LogP contribution < -0.4 is 0 Å². The highest BCUT2D eigenvalue weighted by atomic mass is 15.4. The molecule has 1 aliphatic rings. The van der Waals surface area contributed by atoms with E-state index in [1.54, 1.807) is 0 Å². The van der Waals surface area contributed by atoms with Gasteiger partial charge in [0.15, 0.2) is 0 Å². The first-order chi connectivity index (χ1) is 8.02. The quantitative estimate of drug-likeness (QED) is 0.692. The Morgan fingerprint density at radius 1 is 1.33 bits per heavy atom. The number of quaternary nitrogens is 2. The highest BCUT2D eigenvalue weighted by Crippen LogP contribution is 2.27. The van der Waals surface area contributed by atoms with E-state index in [9.17, 15) is 0 Å². The Hall–Kier alpha value is -0.120. The molecule has 0 aromatic carbocycles. The van der Waals surface area contributed by atoms with Crippen LogP contribution in [0.15, 0.2) is 0 Å². The first-order valence-corrected chi connectivity index (χ1v) is 7.38. The molecule has 0 aromatic heterocycles. The molecule has 0 N–H and O–H groups in total. The zero-order chi connectivity index (χ0) is 14.2. The van der Waals surface area contributed by atoms with Crippen LogP contribution in [0.1, 0.15) is 27.2 Å². The van der Waals surface area contributed by atoms with E-state index in [2.05, 4.69) is 60.9 Å². The molecule has 1 aliphatic heterocycles. The number of hydrogen-bond acceptors (Lipinski definition) is 1. The summed E-state index contributed by atoms with van der Waals surface area (Å²) in [4.78, 5) is 2.58. The van der Waals surface area contributed by atoms with Crippen molar-refractivity contribution in [2.45, 2.75) is 38.8 Å². The Bertz CT molecular complexity index is 285. The fourth-order valence-corrected chi connectivity index (χ4v) is 3.51. The van der Waals surface area contributed by atoms with E-state index in [4.69, 9.17) is 0 Å². The van der Waals surface area contributed by atoms with Gasteiger partial charge in [0.2, 0.25) is 0 Å². The SMILES string of the molecule is CCC(C)[N+](C)(C)C[C@]1(C)C[N+](C)(C)CCN1C. The molecule has 1 unspecified atom stereocenters. The van der Waals surface area contributed by atoms with Crippen LogP contribution >= 0.6 is 0 Å². The molecule has 1 heterocycles. The summed E-state index contributed by atoms with van der Waals surface area (Å²) in [7, 11) is 11.8. The van der Waals surface area contributed by atoms with Crippen LogP contribution in [0.25, 0.3) is 0 Å². The standard InChI is InChI=1S/C15H35N3/c1-9-14(2)18(7,8)13-15(3)12-17(5,6)11-10-16(15)4/h14H,9-13H2,1-8H3/q+2/t14?,15-/m0/s1. The minimum Gasteiger partial charge on any atom is -0.326 e. The Morgan fingerprint density at radius 3 is 2.39 bits per heavy atom. The summed E-state index contributed by atoms with van der Waals surface area (Å²) in [6, 6.07) is 0.729. The molecule has 18 heavy (non-hydrogen) atoms. The highest BCUT2D eigenvalue weighted by molar-refractivity contribution is 4.87. The maximum atomic E-state index is 2.58. The van der Waals surface area contributed by atoms with E-state index in [1.165, 1.54) is 32.6 Å². The number of rotatable bonds is 4. The van der Waals surface area contributed by atoms with Crippen LogP contribution in [0.5, 0.6) is 0 Å². The summed E-state index contributed by atoms with van der Waals surface area (Å²) in [5.41, 5.74) is 0.314. The zero-order valence-corrected chi connectivity index (χ0v) is 14.0. The van der Waals surface area contributed by atoms with Crippen LogP contribution in [0.2, 0.25) is 0 Å². The van der Waals surface area contributed by atoms with Crippen molar-refractivity contribution >= 4 is 0 Å². The molecule has 1 fully saturated rings. The number of piperazine rings is 1. The topological polar surface area (TPSA) is 3.24 Å². The molecule has 2 atom stereocenters. The lowest BCUT2D eigenvalue weighted by atomic mass is 9.93.